The maximum atomic E-state index is 12.6. The molecule has 3 N–H and O–H groups in total. The largest absolute Gasteiger partial charge is 0.481 e. The van der Waals surface area contributed by atoms with E-state index in [2.05, 4.69) is 11.8 Å². The molecule has 0 atom stereocenters. The number of aliphatic carboxylic acids is 1. The van der Waals surface area contributed by atoms with Crippen molar-refractivity contribution >= 4 is 11.7 Å². The monoisotopic (exact) mass is 243 g/mol. The van der Waals surface area contributed by atoms with Crippen molar-refractivity contribution in [3.05, 3.63) is 29.3 Å². The van der Waals surface area contributed by atoms with Crippen molar-refractivity contribution in [1.82, 2.24) is 0 Å². The summed E-state index contributed by atoms with van der Waals surface area (Å²) in [5.41, 5.74) is 3.91. The van der Waals surface area contributed by atoms with Gasteiger partial charge in [0.25, 0.3) is 0 Å². The first kappa shape index (κ1) is 12.9. The quantitative estimate of drug-likeness (QED) is 0.586. The first-order valence-corrected chi connectivity index (χ1v) is 4.48. The maximum absolute atomic E-state index is 12.6. The van der Waals surface area contributed by atoms with Crippen LogP contribution in [0.15, 0.2) is 18.2 Å². The smallest absolute Gasteiger partial charge is 0.417 e. The van der Waals surface area contributed by atoms with Gasteiger partial charge in [0.1, 0.15) is 6.42 Å². The molecule has 1 aromatic rings. The van der Waals surface area contributed by atoms with E-state index in [9.17, 15) is 18.0 Å². The average molecular weight is 243 g/mol. The lowest BCUT2D eigenvalue weighted by molar-refractivity contribution is -0.138. The Labute approximate surface area is 95.0 Å². The third-order valence-corrected chi connectivity index (χ3v) is 1.86. The molecule has 1 aromatic carbocycles. The first-order chi connectivity index (χ1) is 7.82. The van der Waals surface area contributed by atoms with Crippen molar-refractivity contribution in [2.75, 3.05) is 5.73 Å². The third kappa shape index (κ3) is 3.41. The lowest BCUT2D eigenvalue weighted by Crippen LogP contribution is -2.09. The van der Waals surface area contributed by atoms with Crippen molar-refractivity contribution < 1.29 is 23.1 Å². The van der Waals surface area contributed by atoms with Crippen molar-refractivity contribution in [3.63, 3.8) is 0 Å². The van der Waals surface area contributed by atoms with Crippen molar-refractivity contribution in [1.29, 1.82) is 0 Å². The van der Waals surface area contributed by atoms with Crippen LogP contribution in [-0.2, 0) is 11.0 Å². The molecule has 6 heteroatoms. The molecule has 0 bridgehead atoms. The number of hydrogen-bond donors (Lipinski definition) is 2. The number of carboxylic acids is 1. The van der Waals surface area contributed by atoms with Crippen LogP contribution in [0.4, 0.5) is 18.9 Å². The Hall–Kier alpha value is -2.16. The highest BCUT2D eigenvalue weighted by Gasteiger charge is 2.33. The minimum Gasteiger partial charge on any atom is -0.481 e. The van der Waals surface area contributed by atoms with Gasteiger partial charge < -0.3 is 10.8 Å². The molecule has 1 rings (SSSR count). The number of anilines is 1. The predicted molar refractivity (Wildman–Crippen MR) is 55.0 cm³/mol. The Morgan fingerprint density at radius 2 is 2.06 bits per heavy atom. The second-order valence-corrected chi connectivity index (χ2v) is 3.14. The molecule has 3 nitrogen and oxygen atoms in total. The van der Waals surface area contributed by atoms with E-state index >= 15 is 0 Å². The van der Waals surface area contributed by atoms with Crippen LogP contribution in [-0.4, -0.2) is 11.1 Å². The molecule has 0 radical (unpaired) electrons. The maximum Gasteiger partial charge on any atom is 0.417 e. The van der Waals surface area contributed by atoms with Gasteiger partial charge >= 0.3 is 12.1 Å². The van der Waals surface area contributed by atoms with Crippen LogP contribution in [0.5, 0.6) is 0 Å². The van der Waals surface area contributed by atoms with Gasteiger partial charge in [-0.1, -0.05) is 17.9 Å². The van der Waals surface area contributed by atoms with Crippen molar-refractivity contribution in [2.45, 2.75) is 12.6 Å². The number of alkyl halides is 3. The molecule has 0 aliphatic carbocycles. The summed E-state index contributed by atoms with van der Waals surface area (Å²) in [6.07, 6.45) is -5.10. The van der Waals surface area contributed by atoms with E-state index in [1.54, 1.807) is 0 Å². The van der Waals surface area contributed by atoms with Crippen LogP contribution >= 0.6 is 0 Å². The molecule has 0 saturated carbocycles. The number of halogens is 3. The van der Waals surface area contributed by atoms with Crippen molar-refractivity contribution in [2.24, 2.45) is 0 Å². The van der Waals surface area contributed by atoms with Gasteiger partial charge in [0, 0.05) is 5.69 Å². The summed E-state index contributed by atoms with van der Waals surface area (Å²) < 4.78 is 37.7. The molecule has 0 amide bonds. The molecule has 90 valence electrons. The average Bonchev–Trinajstić information content (AvgIpc) is 2.18. The van der Waals surface area contributed by atoms with E-state index in [1.165, 1.54) is 12.1 Å². The standard InChI is InChI=1S/C11H8F3NO2/c12-11(13,14)8-4-2-5-9(15)7(8)3-1-6-10(16)17/h2,4-5H,6,15H2,(H,16,17). The summed E-state index contributed by atoms with van der Waals surface area (Å²) in [6, 6.07) is 3.29. The summed E-state index contributed by atoms with van der Waals surface area (Å²) in [6.45, 7) is 0. The van der Waals surface area contributed by atoms with Gasteiger partial charge in [-0.3, -0.25) is 4.79 Å². The summed E-state index contributed by atoms with van der Waals surface area (Å²) in [4.78, 5) is 10.2. The van der Waals surface area contributed by atoms with E-state index in [0.29, 0.717) is 0 Å². The van der Waals surface area contributed by atoms with Gasteiger partial charge in [-0.15, -0.1) is 0 Å². The van der Waals surface area contributed by atoms with E-state index in [4.69, 9.17) is 10.8 Å². The fraction of sp³-hybridized carbons (Fsp3) is 0.182. The van der Waals surface area contributed by atoms with E-state index in [0.717, 1.165) is 6.07 Å². The van der Waals surface area contributed by atoms with Gasteiger partial charge in [-0.25, -0.2) is 0 Å². The lowest BCUT2D eigenvalue weighted by Gasteiger charge is -2.10. The second-order valence-electron chi connectivity index (χ2n) is 3.14. The minimum absolute atomic E-state index is 0.127. The first-order valence-electron chi connectivity index (χ1n) is 4.48. The van der Waals surface area contributed by atoms with Crippen LogP contribution in [0, 0.1) is 11.8 Å². The highest BCUT2D eigenvalue weighted by atomic mass is 19.4. The summed E-state index contributed by atoms with van der Waals surface area (Å²) in [5, 5.41) is 8.33. The van der Waals surface area contributed by atoms with Crippen LogP contribution in [0.25, 0.3) is 0 Å². The van der Waals surface area contributed by atoms with Crippen molar-refractivity contribution in [3.8, 4) is 11.8 Å². The van der Waals surface area contributed by atoms with Crippen LogP contribution in [0.1, 0.15) is 17.5 Å². The molecule has 0 saturated heterocycles. The third-order valence-electron chi connectivity index (χ3n) is 1.86. The molecule has 0 aliphatic heterocycles. The Kier molecular flexibility index (Phi) is 3.63. The fourth-order valence-electron chi connectivity index (χ4n) is 1.15. The Balaban J connectivity index is 3.20. The van der Waals surface area contributed by atoms with Gasteiger partial charge in [0.2, 0.25) is 0 Å². The summed E-state index contributed by atoms with van der Waals surface area (Å²) in [7, 11) is 0. The number of rotatable bonds is 1. The molecule has 0 spiro atoms. The topological polar surface area (TPSA) is 63.3 Å². The number of carbonyl (C=O) groups is 1. The van der Waals surface area contributed by atoms with Crippen LogP contribution in [0.3, 0.4) is 0 Å². The predicted octanol–water partition coefficient (Wildman–Crippen LogP) is 2.11. The number of benzene rings is 1. The van der Waals surface area contributed by atoms with Gasteiger partial charge in [-0.05, 0) is 12.1 Å². The molecule has 0 aliphatic rings. The molecule has 17 heavy (non-hydrogen) atoms. The van der Waals surface area contributed by atoms with E-state index in [1.807, 2.05) is 0 Å². The fourth-order valence-corrected chi connectivity index (χ4v) is 1.15. The molecule has 0 fully saturated rings. The molecule has 0 heterocycles. The highest BCUT2D eigenvalue weighted by molar-refractivity contribution is 5.71. The zero-order chi connectivity index (χ0) is 13.1. The normalized spacial score (nSPS) is 10.5. The van der Waals surface area contributed by atoms with Crippen LogP contribution < -0.4 is 5.73 Å². The second kappa shape index (κ2) is 4.78. The van der Waals surface area contributed by atoms with Gasteiger partial charge in [-0.2, -0.15) is 13.2 Å². The molecule has 0 unspecified atom stereocenters. The Morgan fingerprint density at radius 1 is 1.41 bits per heavy atom. The highest BCUT2D eigenvalue weighted by Crippen LogP contribution is 2.33. The van der Waals surface area contributed by atoms with Gasteiger partial charge in [0.15, 0.2) is 0 Å². The molecular weight excluding hydrogens is 235 g/mol. The number of nitrogens with two attached hydrogens (primary N) is 1. The summed E-state index contributed by atoms with van der Waals surface area (Å²) in [5.74, 6) is 3.06. The number of hydrogen-bond acceptors (Lipinski definition) is 2. The number of carboxylic acid groups (broad SMARTS) is 1. The zero-order valence-electron chi connectivity index (χ0n) is 8.51. The van der Waals surface area contributed by atoms with Gasteiger partial charge in [0.05, 0.1) is 11.1 Å². The Bertz CT molecular complexity index is 498. The van der Waals surface area contributed by atoms with E-state index in [-0.39, 0.29) is 11.3 Å². The van der Waals surface area contributed by atoms with Crippen LogP contribution in [0.2, 0.25) is 0 Å². The molecular formula is C11H8F3NO2. The lowest BCUT2D eigenvalue weighted by atomic mass is 10.1. The summed E-state index contributed by atoms with van der Waals surface area (Å²) >= 11 is 0. The Morgan fingerprint density at radius 3 is 2.59 bits per heavy atom. The number of nitrogen functional groups attached to an aromatic ring is 1. The minimum atomic E-state index is -4.57. The molecule has 0 aromatic heterocycles. The SMILES string of the molecule is Nc1cccc(C(F)(F)F)c1C#CCC(=O)O. The zero-order valence-corrected chi connectivity index (χ0v) is 8.51. The van der Waals surface area contributed by atoms with E-state index < -0.39 is 24.1 Å².